The monoisotopic (exact) mass is 298 g/mol. The van der Waals surface area contributed by atoms with Crippen molar-refractivity contribution in [1.82, 2.24) is 0 Å². The van der Waals surface area contributed by atoms with Crippen LogP contribution in [0.4, 0.5) is 11.4 Å². The Labute approximate surface area is 137 Å². The van der Waals surface area contributed by atoms with Gasteiger partial charge in [0.2, 0.25) is 0 Å². The molecule has 0 spiro atoms. The first-order valence-corrected chi connectivity index (χ1v) is 7.53. The van der Waals surface area contributed by atoms with Gasteiger partial charge in [-0.25, -0.2) is 5.01 Å². The van der Waals surface area contributed by atoms with Crippen molar-refractivity contribution < 1.29 is 0 Å². The molecule has 0 bridgehead atoms. The van der Waals surface area contributed by atoms with Crippen molar-refractivity contribution in [2.75, 3.05) is 5.01 Å². The van der Waals surface area contributed by atoms with E-state index in [-0.39, 0.29) is 0 Å². The predicted molar refractivity (Wildman–Crippen MR) is 99.2 cm³/mol. The number of anilines is 2. The zero-order chi connectivity index (χ0) is 15.9. The highest BCUT2D eigenvalue weighted by molar-refractivity contribution is 5.82. The van der Waals surface area contributed by atoms with Gasteiger partial charge in [-0.3, -0.25) is 0 Å². The molecule has 3 aromatic carbocycles. The summed E-state index contributed by atoms with van der Waals surface area (Å²) in [6, 6.07) is 28.4. The smallest absolute Gasteiger partial charge is 0.0652 e. The van der Waals surface area contributed by atoms with Crippen LogP contribution in [0, 0.1) is 0 Å². The van der Waals surface area contributed by atoms with E-state index in [2.05, 4.69) is 11.7 Å². The Bertz CT molecular complexity index is 736. The third-order valence-corrected chi connectivity index (χ3v) is 3.50. The first-order chi connectivity index (χ1) is 11.4. The molecular formula is C21H18N2. The summed E-state index contributed by atoms with van der Waals surface area (Å²) in [6.07, 6.45) is 3.70. The number of para-hydroxylation sites is 2. The molecule has 0 unspecified atom stereocenters. The number of hydrogen-bond donors (Lipinski definition) is 0. The molecular weight excluding hydrogens is 280 g/mol. The van der Waals surface area contributed by atoms with Crippen LogP contribution in [0.5, 0.6) is 0 Å². The minimum Gasteiger partial charge on any atom is -0.234 e. The Kier molecular flexibility index (Phi) is 4.65. The molecule has 0 aliphatic rings. The summed E-state index contributed by atoms with van der Waals surface area (Å²) >= 11 is 0. The standard InChI is InChI=1S/C21H18N2/c1-2-18-13-15-19(16-14-18)17-22-23(20-9-5-3-6-10-20)21-11-7-4-8-12-21/h2-17H,1H2/b22-17+. The van der Waals surface area contributed by atoms with Gasteiger partial charge in [0.1, 0.15) is 0 Å². The fraction of sp³-hybridized carbons (Fsp3) is 0. The van der Waals surface area contributed by atoms with Crippen molar-refractivity contribution in [3.8, 4) is 0 Å². The van der Waals surface area contributed by atoms with E-state index >= 15 is 0 Å². The highest BCUT2D eigenvalue weighted by Gasteiger charge is 2.06. The molecule has 3 aromatic rings. The molecule has 0 aliphatic heterocycles. The van der Waals surface area contributed by atoms with Crippen molar-refractivity contribution in [3.05, 3.63) is 103 Å². The van der Waals surface area contributed by atoms with Crippen LogP contribution in [0.3, 0.4) is 0 Å². The summed E-state index contributed by atoms with van der Waals surface area (Å²) in [5.41, 5.74) is 4.20. The summed E-state index contributed by atoms with van der Waals surface area (Å²) < 4.78 is 0. The molecule has 0 heterocycles. The Morgan fingerprint density at radius 2 is 1.13 bits per heavy atom. The molecule has 2 nitrogen and oxygen atoms in total. The van der Waals surface area contributed by atoms with Crippen LogP contribution in [0.1, 0.15) is 11.1 Å². The highest BCUT2D eigenvalue weighted by atomic mass is 15.5. The van der Waals surface area contributed by atoms with E-state index in [0.29, 0.717) is 0 Å². The Balaban J connectivity index is 1.92. The van der Waals surface area contributed by atoms with E-state index in [1.54, 1.807) is 0 Å². The fourth-order valence-corrected chi connectivity index (χ4v) is 2.26. The Morgan fingerprint density at radius 1 is 0.652 bits per heavy atom. The van der Waals surface area contributed by atoms with Crippen molar-refractivity contribution in [2.45, 2.75) is 0 Å². The van der Waals surface area contributed by atoms with Crippen LogP contribution < -0.4 is 5.01 Å². The normalized spacial score (nSPS) is 10.6. The van der Waals surface area contributed by atoms with Crippen LogP contribution in [-0.4, -0.2) is 6.21 Å². The first-order valence-electron chi connectivity index (χ1n) is 7.53. The number of hydrazone groups is 1. The van der Waals surface area contributed by atoms with Crippen LogP contribution in [0.15, 0.2) is 96.6 Å². The number of nitrogens with zero attached hydrogens (tertiary/aromatic N) is 2. The lowest BCUT2D eigenvalue weighted by atomic mass is 10.1. The van der Waals surface area contributed by atoms with Gasteiger partial charge in [0.15, 0.2) is 0 Å². The van der Waals surface area contributed by atoms with Gasteiger partial charge in [0.05, 0.1) is 17.6 Å². The Morgan fingerprint density at radius 3 is 1.61 bits per heavy atom. The third kappa shape index (κ3) is 3.74. The molecule has 0 aliphatic carbocycles. The minimum atomic E-state index is 1.03. The average molecular weight is 298 g/mol. The van der Waals surface area contributed by atoms with E-state index in [0.717, 1.165) is 22.5 Å². The minimum absolute atomic E-state index is 1.03. The molecule has 3 rings (SSSR count). The van der Waals surface area contributed by atoms with E-state index in [1.165, 1.54) is 0 Å². The Hall–Kier alpha value is -3.13. The predicted octanol–water partition coefficient (Wildman–Crippen LogP) is 5.50. The molecule has 0 radical (unpaired) electrons. The van der Waals surface area contributed by atoms with Crippen LogP contribution in [0.2, 0.25) is 0 Å². The van der Waals surface area contributed by atoms with Crippen molar-refractivity contribution in [2.24, 2.45) is 5.10 Å². The van der Waals surface area contributed by atoms with Gasteiger partial charge >= 0.3 is 0 Å². The van der Waals surface area contributed by atoms with Gasteiger partial charge in [-0.2, -0.15) is 5.10 Å². The van der Waals surface area contributed by atoms with E-state index < -0.39 is 0 Å². The third-order valence-electron chi connectivity index (χ3n) is 3.50. The molecule has 0 amide bonds. The molecule has 23 heavy (non-hydrogen) atoms. The maximum absolute atomic E-state index is 4.67. The van der Waals surface area contributed by atoms with Crippen molar-refractivity contribution >= 4 is 23.7 Å². The van der Waals surface area contributed by atoms with Gasteiger partial charge in [0, 0.05) is 0 Å². The molecule has 0 saturated heterocycles. The van der Waals surface area contributed by atoms with Gasteiger partial charge in [-0.15, -0.1) is 0 Å². The zero-order valence-electron chi connectivity index (χ0n) is 12.8. The quantitative estimate of drug-likeness (QED) is 0.448. The number of rotatable bonds is 5. The second-order valence-corrected chi connectivity index (χ2v) is 5.10. The van der Waals surface area contributed by atoms with E-state index in [4.69, 9.17) is 0 Å². The lowest BCUT2D eigenvalue weighted by Crippen LogP contribution is -2.09. The topological polar surface area (TPSA) is 15.6 Å². The first kappa shape index (κ1) is 14.8. The maximum Gasteiger partial charge on any atom is 0.0652 e. The number of benzene rings is 3. The van der Waals surface area contributed by atoms with Gasteiger partial charge in [-0.05, 0) is 35.4 Å². The molecule has 0 aromatic heterocycles. The summed E-state index contributed by atoms with van der Waals surface area (Å²) in [7, 11) is 0. The van der Waals surface area contributed by atoms with Crippen LogP contribution >= 0.6 is 0 Å². The molecule has 0 saturated carbocycles. The summed E-state index contributed by atoms with van der Waals surface area (Å²) in [5, 5.41) is 6.60. The summed E-state index contributed by atoms with van der Waals surface area (Å²) in [4.78, 5) is 0. The van der Waals surface area contributed by atoms with Crippen molar-refractivity contribution in [1.29, 1.82) is 0 Å². The summed E-state index contributed by atoms with van der Waals surface area (Å²) in [5.74, 6) is 0. The molecule has 0 atom stereocenters. The van der Waals surface area contributed by atoms with Gasteiger partial charge in [0.25, 0.3) is 0 Å². The van der Waals surface area contributed by atoms with E-state index in [9.17, 15) is 0 Å². The van der Waals surface area contributed by atoms with Crippen LogP contribution in [-0.2, 0) is 0 Å². The van der Waals surface area contributed by atoms with E-state index in [1.807, 2.05) is 102 Å². The lowest BCUT2D eigenvalue weighted by molar-refractivity contribution is 1.09. The molecule has 2 heteroatoms. The fourth-order valence-electron chi connectivity index (χ4n) is 2.26. The SMILES string of the molecule is C=Cc1ccc(/C=N/N(c2ccccc2)c2ccccc2)cc1. The summed E-state index contributed by atoms with van der Waals surface area (Å²) in [6.45, 7) is 3.77. The molecule has 0 N–H and O–H groups in total. The van der Waals surface area contributed by atoms with Crippen LogP contribution in [0.25, 0.3) is 6.08 Å². The second-order valence-electron chi connectivity index (χ2n) is 5.10. The van der Waals surface area contributed by atoms with Gasteiger partial charge in [-0.1, -0.05) is 73.3 Å². The van der Waals surface area contributed by atoms with Gasteiger partial charge < -0.3 is 0 Å². The maximum atomic E-state index is 4.67. The lowest BCUT2D eigenvalue weighted by Gasteiger charge is -2.19. The largest absolute Gasteiger partial charge is 0.234 e. The molecule has 0 fully saturated rings. The van der Waals surface area contributed by atoms with Crippen molar-refractivity contribution in [3.63, 3.8) is 0 Å². The zero-order valence-corrected chi connectivity index (χ0v) is 12.8. The number of hydrogen-bond acceptors (Lipinski definition) is 2. The average Bonchev–Trinajstić information content (AvgIpc) is 2.64. The second kappa shape index (κ2) is 7.23. The molecule has 112 valence electrons. The highest BCUT2D eigenvalue weighted by Crippen LogP contribution is 2.25.